The second-order valence-electron chi connectivity index (χ2n) is 8.50. The molecule has 36 heavy (non-hydrogen) atoms. The standard InChI is InChI=1S/C24H31N3O5S3.ClH/c1-6-26(7-2)13-14-27(23(28)18-9-8-10-20(15-18)35(31,32)17(3)4)24-25-21-12-11-19(34(5,29)30)16-22(21)33-24;/h8-12,15-17H,6-7,13-14H2,1-5H3;1H. The zero-order chi connectivity index (χ0) is 26.0. The average Bonchev–Trinajstić information content (AvgIpc) is 3.24. The number of aromatic nitrogens is 1. The number of amides is 1. The summed E-state index contributed by atoms with van der Waals surface area (Å²) in [6.45, 7) is 9.88. The molecule has 0 fully saturated rings. The molecule has 3 rings (SSSR count). The van der Waals surface area contributed by atoms with E-state index in [9.17, 15) is 21.6 Å². The van der Waals surface area contributed by atoms with Crippen LogP contribution in [0.15, 0.2) is 52.3 Å². The van der Waals surface area contributed by atoms with Gasteiger partial charge in [-0.3, -0.25) is 9.69 Å². The van der Waals surface area contributed by atoms with E-state index >= 15 is 0 Å². The number of likely N-dealkylation sites (N-methyl/N-ethyl adjacent to an activating group) is 1. The molecular formula is C24H32ClN3O5S3. The average molecular weight is 574 g/mol. The fraction of sp³-hybridized carbons (Fsp3) is 0.417. The van der Waals surface area contributed by atoms with E-state index in [0.29, 0.717) is 28.4 Å². The highest BCUT2D eigenvalue weighted by Crippen LogP contribution is 2.32. The Labute approximate surface area is 223 Å². The number of thiazole rings is 1. The smallest absolute Gasteiger partial charge is 0.260 e. The van der Waals surface area contributed by atoms with Gasteiger partial charge in [0.05, 0.1) is 25.3 Å². The van der Waals surface area contributed by atoms with Crippen molar-refractivity contribution in [3.63, 3.8) is 0 Å². The minimum Gasteiger partial charge on any atom is -0.302 e. The van der Waals surface area contributed by atoms with Crippen molar-refractivity contribution in [2.75, 3.05) is 37.3 Å². The minimum absolute atomic E-state index is 0. The van der Waals surface area contributed by atoms with Crippen LogP contribution in [0.3, 0.4) is 0 Å². The Morgan fingerprint density at radius 1 is 0.972 bits per heavy atom. The highest BCUT2D eigenvalue weighted by Gasteiger charge is 2.25. The third-order valence-corrected chi connectivity index (χ3v) is 10.1. The van der Waals surface area contributed by atoms with Crippen molar-refractivity contribution in [2.45, 2.75) is 42.7 Å². The second kappa shape index (κ2) is 12.0. The van der Waals surface area contributed by atoms with E-state index in [4.69, 9.17) is 0 Å². The molecule has 3 aromatic rings. The first-order valence-electron chi connectivity index (χ1n) is 11.4. The molecule has 0 radical (unpaired) electrons. The number of carbonyl (C=O) groups is 1. The number of sulfone groups is 2. The number of anilines is 1. The quantitative estimate of drug-likeness (QED) is 0.356. The van der Waals surface area contributed by atoms with Crippen LogP contribution in [0.4, 0.5) is 5.13 Å². The van der Waals surface area contributed by atoms with Gasteiger partial charge in [0, 0.05) is 24.9 Å². The Hall–Kier alpha value is -2.05. The van der Waals surface area contributed by atoms with Crippen molar-refractivity contribution < 1.29 is 21.6 Å². The first-order valence-corrected chi connectivity index (χ1v) is 15.6. The summed E-state index contributed by atoms with van der Waals surface area (Å²) in [6.07, 6.45) is 1.15. The number of halogens is 1. The van der Waals surface area contributed by atoms with Crippen molar-refractivity contribution >= 4 is 64.7 Å². The van der Waals surface area contributed by atoms with E-state index in [1.807, 2.05) is 13.8 Å². The molecule has 1 amide bonds. The van der Waals surface area contributed by atoms with Gasteiger partial charge < -0.3 is 4.90 Å². The lowest BCUT2D eigenvalue weighted by molar-refractivity contribution is 0.0983. The van der Waals surface area contributed by atoms with Gasteiger partial charge in [-0.25, -0.2) is 21.8 Å². The van der Waals surface area contributed by atoms with Crippen LogP contribution in [-0.4, -0.2) is 70.3 Å². The molecule has 12 heteroatoms. The van der Waals surface area contributed by atoms with Crippen LogP contribution in [0.2, 0.25) is 0 Å². The lowest BCUT2D eigenvalue weighted by Crippen LogP contribution is -2.39. The topological polar surface area (TPSA) is 105 Å². The molecule has 0 N–H and O–H groups in total. The van der Waals surface area contributed by atoms with Crippen LogP contribution in [0.5, 0.6) is 0 Å². The summed E-state index contributed by atoms with van der Waals surface area (Å²) >= 11 is 1.23. The third-order valence-electron chi connectivity index (χ3n) is 5.82. The van der Waals surface area contributed by atoms with Crippen molar-refractivity contribution in [1.82, 2.24) is 9.88 Å². The lowest BCUT2D eigenvalue weighted by Gasteiger charge is -2.25. The van der Waals surface area contributed by atoms with Crippen molar-refractivity contribution in [1.29, 1.82) is 0 Å². The predicted octanol–water partition coefficient (Wildman–Crippen LogP) is 4.29. The molecule has 2 aromatic carbocycles. The fourth-order valence-electron chi connectivity index (χ4n) is 3.54. The molecule has 0 spiro atoms. The molecule has 8 nitrogen and oxygen atoms in total. The van der Waals surface area contributed by atoms with Crippen LogP contribution in [0.25, 0.3) is 10.2 Å². The fourth-order valence-corrected chi connectivity index (χ4v) is 6.39. The normalized spacial score (nSPS) is 12.2. The number of rotatable bonds is 10. The lowest BCUT2D eigenvalue weighted by atomic mass is 10.2. The maximum Gasteiger partial charge on any atom is 0.260 e. The van der Waals surface area contributed by atoms with Gasteiger partial charge in [0.2, 0.25) is 0 Å². The molecule has 1 aromatic heterocycles. The molecule has 0 aliphatic carbocycles. The van der Waals surface area contributed by atoms with E-state index in [0.717, 1.165) is 19.3 Å². The molecule has 0 bridgehead atoms. The Morgan fingerprint density at radius 2 is 1.64 bits per heavy atom. The van der Waals surface area contributed by atoms with Crippen molar-refractivity contribution in [2.24, 2.45) is 0 Å². The van der Waals surface area contributed by atoms with Gasteiger partial charge in [0.25, 0.3) is 5.91 Å². The molecule has 198 valence electrons. The molecule has 1 heterocycles. The van der Waals surface area contributed by atoms with E-state index in [1.165, 1.54) is 29.5 Å². The number of fused-ring (bicyclic) bond motifs is 1. The molecule has 0 saturated carbocycles. The number of nitrogens with zero attached hydrogens (tertiary/aromatic N) is 3. The summed E-state index contributed by atoms with van der Waals surface area (Å²) in [6, 6.07) is 10.8. The molecule has 0 aliphatic heterocycles. The molecule has 0 unspecified atom stereocenters. The van der Waals surface area contributed by atoms with Crippen LogP contribution in [0.1, 0.15) is 38.1 Å². The van der Waals surface area contributed by atoms with E-state index in [2.05, 4.69) is 9.88 Å². The molecular weight excluding hydrogens is 542 g/mol. The van der Waals surface area contributed by atoms with Gasteiger partial charge in [-0.1, -0.05) is 31.3 Å². The molecule has 0 atom stereocenters. The monoisotopic (exact) mass is 573 g/mol. The van der Waals surface area contributed by atoms with Gasteiger partial charge in [-0.15, -0.1) is 12.4 Å². The molecule has 0 saturated heterocycles. The van der Waals surface area contributed by atoms with Crippen LogP contribution in [-0.2, 0) is 19.7 Å². The highest BCUT2D eigenvalue weighted by molar-refractivity contribution is 7.92. The second-order valence-corrected chi connectivity index (χ2v) is 14.0. The van der Waals surface area contributed by atoms with E-state index < -0.39 is 24.9 Å². The number of carbonyl (C=O) groups excluding carboxylic acids is 1. The van der Waals surface area contributed by atoms with Gasteiger partial charge in [0.15, 0.2) is 24.8 Å². The first-order chi connectivity index (χ1) is 16.4. The van der Waals surface area contributed by atoms with Gasteiger partial charge in [-0.2, -0.15) is 0 Å². The first kappa shape index (κ1) is 30.2. The zero-order valence-electron chi connectivity index (χ0n) is 21.0. The maximum atomic E-state index is 13.7. The van der Waals surface area contributed by atoms with Crippen molar-refractivity contribution in [3.8, 4) is 0 Å². The third kappa shape index (κ3) is 6.63. The highest BCUT2D eigenvalue weighted by atomic mass is 35.5. The predicted molar refractivity (Wildman–Crippen MR) is 148 cm³/mol. The summed E-state index contributed by atoms with van der Waals surface area (Å²) in [5.74, 6) is -0.361. The SMILES string of the molecule is CCN(CC)CCN(C(=O)c1cccc(S(=O)(=O)C(C)C)c1)c1nc2ccc(S(C)(=O)=O)cc2s1.Cl. The summed E-state index contributed by atoms with van der Waals surface area (Å²) < 4.78 is 50.0. The molecule has 0 aliphatic rings. The summed E-state index contributed by atoms with van der Waals surface area (Å²) in [4.78, 5) is 22.3. The summed E-state index contributed by atoms with van der Waals surface area (Å²) in [7, 11) is -6.93. The minimum atomic E-state index is -3.55. The van der Waals surface area contributed by atoms with Gasteiger partial charge in [0.1, 0.15) is 0 Å². The number of hydrogen-bond acceptors (Lipinski definition) is 8. The number of hydrogen-bond donors (Lipinski definition) is 0. The van der Waals surface area contributed by atoms with Crippen LogP contribution in [0, 0.1) is 0 Å². The van der Waals surface area contributed by atoms with E-state index in [-0.39, 0.29) is 33.7 Å². The van der Waals surface area contributed by atoms with Gasteiger partial charge >= 0.3 is 0 Å². The zero-order valence-corrected chi connectivity index (χ0v) is 24.2. The van der Waals surface area contributed by atoms with Crippen molar-refractivity contribution in [3.05, 3.63) is 48.0 Å². The number of benzene rings is 2. The Morgan fingerprint density at radius 3 is 2.22 bits per heavy atom. The Kier molecular flexibility index (Phi) is 10.1. The summed E-state index contributed by atoms with van der Waals surface area (Å²) in [5.41, 5.74) is 0.844. The van der Waals surface area contributed by atoms with Gasteiger partial charge in [-0.05, 0) is 63.3 Å². The Balaban J connectivity index is 0.00000456. The maximum absolute atomic E-state index is 13.7. The Bertz CT molecular complexity index is 1430. The van der Waals surface area contributed by atoms with Crippen LogP contribution < -0.4 is 4.90 Å². The van der Waals surface area contributed by atoms with E-state index in [1.54, 1.807) is 43.0 Å². The largest absolute Gasteiger partial charge is 0.302 e. The summed E-state index contributed by atoms with van der Waals surface area (Å²) in [5, 5.41) is -0.181. The van der Waals surface area contributed by atoms with Crippen LogP contribution >= 0.6 is 23.7 Å².